The average Bonchev–Trinajstić information content (AvgIpc) is 3.40. The van der Waals surface area contributed by atoms with Gasteiger partial charge in [-0.05, 0) is 36.5 Å². The van der Waals surface area contributed by atoms with E-state index in [0.717, 1.165) is 36.1 Å². The summed E-state index contributed by atoms with van der Waals surface area (Å²) >= 11 is 0. The summed E-state index contributed by atoms with van der Waals surface area (Å²) in [6.45, 7) is 0.713. The smallest absolute Gasteiger partial charge is 0.273 e. The minimum absolute atomic E-state index is 0.0101. The quantitative estimate of drug-likeness (QED) is 0.500. The van der Waals surface area contributed by atoms with Gasteiger partial charge in [0.2, 0.25) is 10.0 Å². The third-order valence-corrected chi connectivity index (χ3v) is 7.09. The molecule has 0 unspecified atom stereocenters. The standard InChI is InChI=1S/C20H22N2O5S/c23-22(24)19-4-2-1-3-17(19)14-21(18-6-7-18)28(25,26)12-10-15-5-8-20-16(13-15)9-11-27-20/h1-5,8,13,18H,6-7,9-12,14H2. The maximum absolute atomic E-state index is 13.0. The normalized spacial score (nSPS) is 16.0. The summed E-state index contributed by atoms with van der Waals surface area (Å²) in [5.41, 5.74) is 2.47. The molecule has 0 spiro atoms. The van der Waals surface area contributed by atoms with Gasteiger partial charge in [-0.25, -0.2) is 8.42 Å². The van der Waals surface area contributed by atoms with Gasteiger partial charge in [0.05, 0.1) is 17.3 Å². The zero-order valence-corrected chi connectivity index (χ0v) is 16.2. The molecule has 1 aliphatic heterocycles. The van der Waals surface area contributed by atoms with Crippen LogP contribution < -0.4 is 4.74 Å². The molecule has 4 rings (SSSR count). The lowest BCUT2D eigenvalue weighted by Gasteiger charge is -2.22. The lowest BCUT2D eigenvalue weighted by atomic mass is 10.1. The van der Waals surface area contributed by atoms with Gasteiger partial charge in [0.25, 0.3) is 5.69 Å². The van der Waals surface area contributed by atoms with Gasteiger partial charge in [0.15, 0.2) is 0 Å². The summed E-state index contributed by atoms with van der Waals surface area (Å²) in [4.78, 5) is 10.8. The third kappa shape index (κ3) is 4.02. The number of nitrogens with zero attached hydrogens (tertiary/aromatic N) is 2. The highest BCUT2D eigenvalue weighted by Gasteiger charge is 2.38. The number of aryl methyl sites for hydroxylation is 1. The van der Waals surface area contributed by atoms with Crippen molar-refractivity contribution < 1.29 is 18.1 Å². The van der Waals surface area contributed by atoms with E-state index in [1.54, 1.807) is 18.2 Å². The van der Waals surface area contributed by atoms with E-state index in [0.29, 0.717) is 18.6 Å². The number of hydrogen-bond acceptors (Lipinski definition) is 5. The molecular formula is C20H22N2O5S. The van der Waals surface area contributed by atoms with Crippen molar-refractivity contribution in [1.82, 2.24) is 4.31 Å². The van der Waals surface area contributed by atoms with Crippen molar-refractivity contribution in [3.8, 4) is 5.75 Å². The minimum atomic E-state index is -3.53. The van der Waals surface area contributed by atoms with Gasteiger partial charge in [-0.2, -0.15) is 4.31 Å². The third-order valence-electron chi connectivity index (χ3n) is 5.23. The first-order chi connectivity index (χ1) is 13.4. The number of sulfonamides is 1. The summed E-state index contributed by atoms with van der Waals surface area (Å²) in [6, 6.07) is 12.1. The van der Waals surface area contributed by atoms with Crippen molar-refractivity contribution in [1.29, 1.82) is 0 Å². The van der Waals surface area contributed by atoms with E-state index < -0.39 is 14.9 Å². The fourth-order valence-electron chi connectivity index (χ4n) is 3.57. The maximum Gasteiger partial charge on any atom is 0.273 e. The van der Waals surface area contributed by atoms with Gasteiger partial charge in [0, 0.05) is 30.6 Å². The molecule has 0 N–H and O–H groups in total. The molecule has 8 heteroatoms. The van der Waals surface area contributed by atoms with Crippen molar-refractivity contribution in [2.45, 2.75) is 38.3 Å². The van der Waals surface area contributed by atoms with Gasteiger partial charge in [-0.1, -0.05) is 30.3 Å². The monoisotopic (exact) mass is 402 g/mol. The first kappa shape index (κ1) is 18.9. The highest BCUT2D eigenvalue weighted by atomic mass is 32.2. The Balaban J connectivity index is 1.50. The van der Waals surface area contributed by atoms with Crippen LogP contribution in [0.25, 0.3) is 0 Å². The van der Waals surface area contributed by atoms with Crippen molar-refractivity contribution in [3.63, 3.8) is 0 Å². The number of fused-ring (bicyclic) bond motifs is 1. The van der Waals surface area contributed by atoms with Gasteiger partial charge in [-0.15, -0.1) is 0 Å². The summed E-state index contributed by atoms with van der Waals surface area (Å²) < 4.78 is 33.0. The van der Waals surface area contributed by atoms with Crippen molar-refractivity contribution >= 4 is 15.7 Å². The molecule has 1 aliphatic carbocycles. The minimum Gasteiger partial charge on any atom is -0.493 e. The number of ether oxygens (including phenoxy) is 1. The molecule has 0 saturated heterocycles. The molecule has 1 fully saturated rings. The van der Waals surface area contributed by atoms with Crippen LogP contribution in [0.1, 0.15) is 29.5 Å². The first-order valence-corrected chi connectivity index (χ1v) is 11.0. The molecule has 1 heterocycles. The Morgan fingerprint density at radius 2 is 1.96 bits per heavy atom. The van der Waals surface area contributed by atoms with E-state index >= 15 is 0 Å². The second kappa shape index (κ2) is 7.52. The first-order valence-electron chi connectivity index (χ1n) is 9.40. The molecule has 0 bridgehead atoms. The average molecular weight is 402 g/mol. The SMILES string of the molecule is O=[N+]([O-])c1ccccc1CN(C1CC1)S(=O)(=O)CCc1ccc2c(c1)CCO2. The van der Waals surface area contributed by atoms with Crippen molar-refractivity contribution in [3.05, 3.63) is 69.3 Å². The van der Waals surface area contributed by atoms with Crippen LogP contribution in [0.5, 0.6) is 5.75 Å². The summed E-state index contributed by atoms with van der Waals surface area (Å²) in [5.74, 6) is 0.867. The van der Waals surface area contributed by atoms with Crippen LogP contribution in [-0.2, 0) is 29.4 Å². The summed E-state index contributed by atoms with van der Waals surface area (Å²) in [5, 5.41) is 11.3. The topological polar surface area (TPSA) is 89.8 Å². The fourth-order valence-corrected chi connectivity index (χ4v) is 5.30. The van der Waals surface area contributed by atoms with E-state index in [1.807, 2.05) is 18.2 Å². The van der Waals surface area contributed by atoms with Gasteiger partial charge in [-0.3, -0.25) is 10.1 Å². The largest absolute Gasteiger partial charge is 0.493 e. The number of nitro groups is 1. The van der Waals surface area contributed by atoms with E-state index in [1.165, 1.54) is 10.4 Å². The second-order valence-corrected chi connectivity index (χ2v) is 9.31. The molecule has 0 aromatic heterocycles. The Bertz CT molecular complexity index is 1000. The van der Waals surface area contributed by atoms with Crippen LogP contribution in [0.3, 0.4) is 0 Å². The van der Waals surface area contributed by atoms with Crippen LogP contribution in [0, 0.1) is 10.1 Å². The molecule has 148 valence electrons. The molecule has 0 radical (unpaired) electrons. The second-order valence-electron chi connectivity index (χ2n) is 7.27. The van der Waals surface area contributed by atoms with Gasteiger partial charge >= 0.3 is 0 Å². The molecule has 28 heavy (non-hydrogen) atoms. The highest BCUT2D eigenvalue weighted by Crippen LogP contribution is 2.33. The Morgan fingerprint density at radius 1 is 1.18 bits per heavy atom. The number of hydrogen-bond donors (Lipinski definition) is 0. The number of para-hydroxylation sites is 1. The van der Waals surface area contributed by atoms with E-state index in [2.05, 4.69) is 0 Å². The molecule has 7 nitrogen and oxygen atoms in total. The predicted octanol–water partition coefficient (Wildman–Crippen LogP) is 3.07. The Hall–Kier alpha value is -2.45. The van der Waals surface area contributed by atoms with Gasteiger partial charge < -0.3 is 4.74 Å². The van der Waals surface area contributed by atoms with Crippen LogP contribution in [0.4, 0.5) is 5.69 Å². The molecule has 1 saturated carbocycles. The van der Waals surface area contributed by atoms with Gasteiger partial charge in [0.1, 0.15) is 5.75 Å². The maximum atomic E-state index is 13.0. The zero-order chi connectivity index (χ0) is 19.7. The Morgan fingerprint density at radius 3 is 2.71 bits per heavy atom. The van der Waals surface area contributed by atoms with Crippen LogP contribution in [0.2, 0.25) is 0 Å². The fraction of sp³-hybridized carbons (Fsp3) is 0.400. The molecule has 2 aromatic rings. The lowest BCUT2D eigenvalue weighted by Crippen LogP contribution is -2.35. The summed E-state index contributed by atoms with van der Waals surface area (Å²) in [7, 11) is -3.53. The zero-order valence-electron chi connectivity index (χ0n) is 15.4. The molecular weight excluding hydrogens is 380 g/mol. The summed E-state index contributed by atoms with van der Waals surface area (Å²) in [6.07, 6.45) is 2.86. The molecule has 2 aromatic carbocycles. The number of nitro benzene ring substituents is 1. The van der Waals surface area contributed by atoms with Crippen molar-refractivity contribution in [2.75, 3.05) is 12.4 Å². The highest BCUT2D eigenvalue weighted by molar-refractivity contribution is 7.89. The number of benzene rings is 2. The Labute approximate surface area is 164 Å². The van der Waals surface area contributed by atoms with Crippen LogP contribution >= 0.6 is 0 Å². The van der Waals surface area contributed by atoms with Crippen LogP contribution in [0.15, 0.2) is 42.5 Å². The van der Waals surface area contributed by atoms with E-state index in [4.69, 9.17) is 4.74 Å². The van der Waals surface area contributed by atoms with Crippen molar-refractivity contribution in [2.24, 2.45) is 0 Å². The van der Waals surface area contributed by atoms with E-state index in [9.17, 15) is 18.5 Å². The number of rotatable bonds is 8. The lowest BCUT2D eigenvalue weighted by molar-refractivity contribution is -0.385. The predicted molar refractivity (Wildman–Crippen MR) is 105 cm³/mol. The molecule has 0 amide bonds. The van der Waals surface area contributed by atoms with Crippen LogP contribution in [-0.4, -0.2) is 36.0 Å². The molecule has 2 aliphatic rings. The van der Waals surface area contributed by atoms with E-state index in [-0.39, 0.29) is 24.0 Å². The molecule has 0 atom stereocenters. The Kier molecular flexibility index (Phi) is 5.07.